The molecule has 2 atom stereocenters. The quantitative estimate of drug-likeness (QED) is 0.395. The molecule has 1 aliphatic heterocycles. The standard InChI is InChI=1S/C31H28ClNO3/c1-20-28(31(35)36-17-16-21-10-4-2-5-11-21)29(24-14-8-9-15-25(24)32)30-26(33-20)18-23(19-27(30)34)22-12-6-3-7-13-22/h2-15,23,29,33H,16-19H2,1H3. The van der Waals surface area contributed by atoms with Crippen LogP contribution in [-0.4, -0.2) is 18.4 Å². The molecule has 0 amide bonds. The second kappa shape index (κ2) is 10.5. The van der Waals surface area contributed by atoms with Crippen LogP contribution < -0.4 is 5.32 Å². The summed E-state index contributed by atoms with van der Waals surface area (Å²) in [5.74, 6) is -0.873. The number of ketones is 1. The number of dihydropyridines is 1. The molecule has 182 valence electrons. The van der Waals surface area contributed by atoms with E-state index >= 15 is 0 Å². The number of Topliss-reactive ketones (excluding diaryl/α,β-unsaturated/α-hetero) is 1. The summed E-state index contributed by atoms with van der Waals surface area (Å²) < 4.78 is 5.74. The number of rotatable bonds is 6. The van der Waals surface area contributed by atoms with E-state index in [1.165, 1.54) is 0 Å². The SMILES string of the molecule is CC1=C(C(=O)OCCc2ccccc2)C(c2ccccc2Cl)C2=C(CC(c3ccccc3)CC2=O)N1. The van der Waals surface area contributed by atoms with Crippen LogP contribution >= 0.6 is 11.6 Å². The molecule has 5 rings (SSSR count). The summed E-state index contributed by atoms with van der Waals surface area (Å²) >= 11 is 6.63. The molecule has 2 aliphatic rings. The number of hydrogen-bond acceptors (Lipinski definition) is 4. The van der Waals surface area contributed by atoms with Gasteiger partial charge in [-0.25, -0.2) is 4.79 Å². The molecule has 36 heavy (non-hydrogen) atoms. The largest absolute Gasteiger partial charge is 0.462 e. The number of carbonyl (C=O) groups excluding carboxylic acids is 2. The Kier molecular flexibility index (Phi) is 7.06. The molecule has 1 aliphatic carbocycles. The van der Waals surface area contributed by atoms with Gasteiger partial charge in [-0.2, -0.15) is 0 Å². The lowest BCUT2D eigenvalue weighted by Crippen LogP contribution is -2.36. The van der Waals surface area contributed by atoms with Crippen LogP contribution in [0.4, 0.5) is 0 Å². The fourth-order valence-electron chi connectivity index (χ4n) is 5.27. The first kappa shape index (κ1) is 24.1. The van der Waals surface area contributed by atoms with E-state index in [2.05, 4.69) is 17.4 Å². The summed E-state index contributed by atoms with van der Waals surface area (Å²) in [6, 6.07) is 27.4. The Morgan fingerprint density at radius 2 is 1.61 bits per heavy atom. The van der Waals surface area contributed by atoms with Gasteiger partial charge in [-0.3, -0.25) is 4.79 Å². The van der Waals surface area contributed by atoms with Crippen molar-refractivity contribution in [3.05, 3.63) is 129 Å². The summed E-state index contributed by atoms with van der Waals surface area (Å²) in [6.45, 7) is 2.13. The molecule has 2 unspecified atom stereocenters. The zero-order valence-electron chi connectivity index (χ0n) is 20.2. The molecule has 0 spiro atoms. The molecule has 3 aromatic rings. The van der Waals surface area contributed by atoms with Gasteiger partial charge in [-0.05, 0) is 42.0 Å². The van der Waals surface area contributed by atoms with E-state index in [9.17, 15) is 9.59 Å². The predicted octanol–water partition coefficient (Wildman–Crippen LogP) is 6.49. The summed E-state index contributed by atoms with van der Waals surface area (Å²) in [5.41, 5.74) is 5.61. The number of benzene rings is 3. The van der Waals surface area contributed by atoms with Gasteiger partial charge in [0.25, 0.3) is 0 Å². The van der Waals surface area contributed by atoms with Gasteiger partial charge in [0.1, 0.15) is 0 Å². The lowest BCUT2D eigenvalue weighted by Gasteiger charge is -2.37. The number of carbonyl (C=O) groups is 2. The van der Waals surface area contributed by atoms with Crippen LogP contribution in [0, 0.1) is 0 Å². The Morgan fingerprint density at radius 3 is 2.33 bits per heavy atom. The van der Waals surface area contributed by atoms with Crippen molar-refractivity contribution < 1.29 is 14.3 Å². The molecule has 3 aromatic carbocycles. The molecular formula is C31H28ClNO3. The van der Waals surface area contributed by atoms with E-state index in [0.29, 0.717) is 41.1 Å². The van der Waals surface area contributed by atoms with E-state index in [1.807, 2.05) is 73.7 Å². The lowest BCUT2D eigenvalue weighted by atomic mass is 9.71. The predicted molar refractivity (Wildman–Crippen MR) is 142 cm³/mol. The number of halogens is 1. The van der Waals surface area contributed by atoms with Gasteiger partial charge in [0, 0.05) is 40.7 Å². The van der Waals surface area contributed by atoms with Gasteiger partial charge in [0.2, 0.25) is 0 Å². The third-order valence-electron chi connectivity index (χ3n) is 7.00. The molecule has 0 saturated heterocycles. The van der Waals surface area contributed by atoms with Crippen molar-refractivity contribution in [2.75, 3.05) is 6.61 Å². The highest BCUT2D eigenvalue weighted by atomic mass is 35.5. The van der Waals surface area contributed by atoms with Crippen molar-refractivity contribution in [1.29, 1.82) is 0 Å². The second-order valence-electron chi connectivity index (χ2n) is 9.32. The average Bonchev–Trinajstić information content (AvgIpc) is 2.89. The number of esters is 1. The Bertz CT molecular complexity index is 1340. The third kappa shape index (κ3) is 4.87. The highest BCUT2D eigenvalue weighted by Crippen LogP contribution is 2.47. The lowest BCUT2D eigenvalue weighted by molar-refractivity contribution is -0.139. The first-order chi connectivity index (χ1) is 17.5. The van der Waals surface area contributed by atoms with Crippen LogP contribution in [-0.2, 0) is 20.7 Å². The van der Waals surface area contributed by atoms with Crippen LogP contribution in [0.2, 0.25) is 5.02 Å². The summed E-state index contributed by atoms with van der Waals surface area (Å²) in [7, 11) is 0. The summed E-state index contributed by atoms with van der Waals surface area (Å²) in [5, 5.41) is 3.93. The minimum absolute atomic E-state index is 0.0320. The van der Waals surface area contributed by atoms with Gasteiger partial charge >= 0.3 is 5.97 Å². The Labute approximate surface area is 216 Å². The fourth-order valence-corrected chi connectivity index (χ4v) is 5.52. The van der Waals surface area contributed by atoms with Gasteiger partial charge in [-0.15, -0.1) is 0 Å². The molecule has 0 saturated carbocycles. The van der Waals surface area contributed by atoms with Crippen molar-refractivity contribution in [3.8, 4) is 0 Å². The minimum Gasteiger partial charge on any atom is -0.462 e. The maximum absolute atomic E-state index is 13.7. The zero-order chi connectivity index (χ0) is 25.1. The summed E-state index contributed by atoms with van der Waals surface area (Å²) in [4.78, 5) is 27.1. The maximum Gasteiger partial charge on any atom is 0.336 e. The van der Waals surface area contributed by atoms with Crippen molar-refractivity contribution >= 4 is 23.4 Å². The molecule has 1 heterocycles. The van der Waals surface area contributed by atoms with E-state index in [1.54, 1.807) is 6.07 Å². The monoisotopic (exact) mass is 497 g/mol. The molecule has 4 nitrogen and oxygen atoms in total. The van der Waals surface area contributed by atoms with Crippen molar-refractivity contribution in [2.24, 2.45) is 0 Å². The van der Waals surface area contributed by atoms with E-state index in [-0.39, 0.29) is 18.3 Å². The van der Waals surface area contributed by atoms with E-state index in [0.717, 1.165) is 22.4 Å². The maximum atomic E-state index is 13.7. The van der Waals surface area contributed by atoms with Gasteiger partial charge in [0.15, 0.2) is 5.78 Å². The van der Waals surface area contributed by atoms with Gasteiger partial charge in [-0.1, -0.05) is 90.5 Å². The normalized spacial score (nSPS) is 19.6. The number of ether oxygens (including phenoxy) is 1. The molecular weight excluding hydrogens is 470 g/mol. The molecule has 1 N–H and O–H groups in total. The smallest absolute Gasteiger partial charge is 0.336 e. The second-order valence-corrected chi connectivity index (χ2v) is 9.73. The van der Waals surface area contributed by atoms with Crippen LogP contribution in [0.15, 0.2) is 107 Å². The summed E-state index contributed by atoms with van der Waals surface area (Å²) in [6.07, 6.45) is 1.70. The van der Waals surface area contributed by atoms with Crippen molar-refractivity contribution in [2.45, 2.75) is 38.0 Å². The van der Waals surface area contributed by atoms with Crippen LogP contribution in [0.5, 0.6) is 0 Å². The van der Waals surface area contributed by atoms with Crippen LogP contribution in [0.25, 0.3) is 0 Å². The molecule has 0 fully saturated rings. The molecule has 0 radical (unpaired) electrons. The highest BCUT2D eigenvalue weighted by Gasteiger charge is 2.42. The zero-order valence-corrected chi connectivity index (χ0v) is 20.9. The number of nitrogens with one attached hydrogen (secondary N) is 1. The molecule has 0 bridgehead atoms. The Hall–Kier alpha value is -3.63. The van der Waals surface area contributed by atoms with Crippen molar-refractivity contribution in [1.82, 2.24) is 5.32 Å². The minimum atomic E-state index is -0.566. The highest BCUT2D eigenvalue weighted by molar-refractivity contribution is 6.31. The number of allylic oxidation sites excluding steroid dienone is 3. The van der Waals surface area contributed by atoms with Crippen LogP contribution in [0.3, 0.4) is 0 Å². The Balaban J connectivity index is 1.47. The van der Waals surface area contributed by atoms with Gasteiger partial charge in [0.05, 0.1) is 12.2 Å². The topological polar surface area (TPSA) is 55.4 Å². The number of hydrogen-bond donors (Lipinski definition) is 1. The first-order valence-electron chi connectivity index (χ1n) is 12.3. The van der Waals surface area contributed by atoms with Crippen LogP contribution in [0.1, 0.15) is 48.3 Å². The average molecular weight is 498 g/mol. The first-order valence-corrected chi connectivity index (χ1v) is 12.6. The Morgan fingerprint density at radius 1 is 0.944 bits per heavy atom. The molecule has 0 aromatic heterocycles. The van der Waals surface area contributed by atoms with Crippen molar-refractivity contribution in [3.63, 3.8) is 0 Å². The molecule has 5 heteroatoms. The van der Waals surface area contributed by atoms with E-state index < -0.39 is 11.9 Å². The third-order valence-corrected chi connectivity index (χ3v) is 7.35. The van der Waals surface area contributed by atoms with E-state index in [4.69, 9.17) is 16.3 Å². The van der Waals surface area contributed by atoms with Gasteiger partial charge < -0.3 is 10.1 Å². The fraction of sp³-hybridized carbons (Fsp3) is 0.226.